The van der Waals surface area contributed by atoms with Crippen LogP contribution in [-0.2, 0) is 6.42 Å². The van der Waals surface area contributed by atoms with Gasteiger partial charge in [-0.2, -0.15) is 0 Å². The molecule has 2 aromatic carbocycles. The fraction of sp³-hybridized carbons (Fsp3) is 0.345. The monoisotopic (exact) mass is 483 g/mol. The van der Waals surface area contributed by atoms with E-state index in [0.717, 1.165) is 45.9 Å². The lowest BCUT2D eigenvalue weighted by atomic mass is 9.96. The maximum Gasteiger partial charge on any atom is 0.223 e. The first-order chi connectivity index (χ1) is 17.1. The zero-order chi connectivity index (χ0) is 24.2. The van der Waals surface area contributed by atoms with E-state index >= 15 is 0 Å². The van der Waals surface area contributed by atoms with Crippen molar-refractivity contribution >= 4 is 34.6 Å². The molecular formula is C29H33N5S. The smallest absolute Gasteiger partial charge is 0.223 e. The van der Waals surface area contributed by atoms with Crippen molar-refractivity contribution in [2.45, 2.75) is 70.2 Å². The first kappa shape index (κ1) is 23.6. The lowest BCUT2D eigenvalue weighted by molar-refractivity contribution is 0.461. The summed E-state index contributed by atoms with van der Waals surface area (Å²) < 4.78 is 3.38. The van der Waals surface area contributed by atoms with Crippen molar-refractivity contribution in [2.75, 3.05) is 10.0 Å². The average Bonchev–Trinajstić information content (AvgIpc) is 2.87. The number of aryl methyl sites for hydroxylation is 3. The Morgan fingerprint density at radius 3 is 2.60 bits per heavy atom. The fourth-order valence-electron chi connectivity index (χ4n) is 4.86. The SMILES string of the molecule is CCc1cc(-c2ccc(NSc3cccc(C)c3)nc2C)cc2cnc(NC3CCCCC3)nc12. The highest BCUT2D eigenvalue weighted by Crippen LogP contribution is 2.31. The molecule has 0 unspecified atom stereocenters. The first-order valence-electron chi connectivity index (χ1n) is 12.6. The highest BCUT2D eigenvalue weighted by atomic mass is 32.2. The number of benzene rings is 2. The van der Waals surface area contributed by atoms with Gasteiger partial charge in [0.2, 0.25) is 5.95 Å². The molecule has 35 heavy (non-hydrogen) atoms. The fourth-order valence-corrected chi connectivity index (χ4v) is 5.58. The van der Waals surface area contributed by atoms with E-state index < -0.39 is 0 Å². The third-order valence-electron chi connectivity index (χ3n) is 6.74. The topological polar surface area (TPSA) is 62.7 Å². The van der Waals surface area contributed by atoms with Crippen molar-refractivity contribution in [3.63, 3.8) is 0 Å². The van der Waals surface area contributed by atoms with Gasteiger partial charge in [-0.3, -0.25) is 0 Å². The van der Waals surface area contributed by atoms with Crippen molar-refractivity contribution < 1.29 is 0 Å². The van der Waals surface area contributed by atoms with Crippen LogP contribution in [0.25, 0.3) is 22.0 Å². The van der Waals surface area contributed by atoms with E-state index in [4.69, 9.17) is 9.97 Å². The summed E-state index contributed by atoms with van der Waals surface area (Å²) in [5, 5.41) is 4.65. The van der Waals surface area contributed by atoms with Crippen molar-refractivity contribution in [3.8, 4) is 11.1 Å². The van der Waals surface area contributed by atoms with Crippen LogP contribution in [0.15, 0.2) is 59.6 Å². The molecule has 1 aliphatic rings. The van der Waals surface area contributed by atoms with Gasteiger partial charge >= 0.3 is 0 Å². The molecule has 0 saturated heterocycles. The Labute approximate surface area is 212 Å². The second-order valence-electron chi connectivity index (χ2n) is 9.45. The molecule has 0 aliphatic heterocycles. The Hall–Kier alpha value is -3.12. The van der Waals surface area contributed by atoms with Gasteiger partial charge in [0.1, 0.15) is 5.82 Å². The summed E-state index contributed by atoms with van der Waals surface area (Å²) in [5.41, 5.74) is 6.83. The van der Waals surface area contributed by atoms with E-state index in [0.29, 0.717) is 6.04 Å². The van der Waals surface area contributed by atoms with Gasteiger partial charge < -0.3 is 10.0 Å². The molecule has 0 bridgehead atoms. The molecule has 1 aliphatic carbocycles. The molecule has 0 spiro atoms. The Bertz CT molecular complexity index is 1330. The minimum atomic E-state index is 0.496. The number of nitrogens with one attached hydrogen (secondary N) is 2. The minimum Gasteiger partial charge on any atom is -0.351 e. The average molecular weight is 484 g/mol. The Morgan fingerprint density at radius 2 is 1.83 bits per heavy atom. The van der Waals surface area contributed by atoms with Crippen LogP contribution < -0.4 is 10.0 Å². The zero-order valence-electron chi connectivity index (χ0n) is 20.8. The van der Waals surface area contributed by atoms with E-state index in [1.165, 1.54) is 48.1 Å². The molecule has 2 aromatic heterocycles. The Morgan fingerprint density at radius 1 is 0.971 bits per heavy atom. The molecule has 6 heteroatoms. The first-order valence-corrected chi connectivity index (χ1v) is 13.4. The van der Waals surface area contributed by atoms with Crippen molar-refractivity contribution in [1.82, 2.24) is 15.0 Å². The number of pyridine rings is 1. The number of aromatic nitrogens is 3. The van der Waals surface area contributed by atoms with Gasteiger partial charge in [-0.25, -0.2) is 15.0 Å². The van der Waals surface area contributed by atoms with Crippen LogP contribution in [0.1, 0.15) is 55.8 Å². The van der Waals surface area contributed by atoms with Crippen LogP contribution in [0.2, 0.25) is 0 Å². The molecule has 5 rings (SSSR count). The number of hydrogen-bond acceptors (Lipinski definition) is 6. The molecule has 1 fully saturated rings. The molecule has 4 aromatic rings. The van der Waals surface area contributed by atoms with E-state index in [-0.39, 0.29) is 0 Å². The maximum atomic E-state index is 4.92. The summed E-state index contributed by atoms with van der Waals surface area (Å²) in [4.78, 5) is 15.6. The predicted molar refractivity (Wildman–Crippen MR) is 148 cm³/mol. The lowest BCUT2D eigenvalue weighted by Crippen LogP contribution is -2.23. The molecule has 5 nitrogen and oxygen atoms in total. The molecule has 2 N–H and O–H groups in total. The van der Waals surface area contributed by atoms with E-state index in [2.05, 4.69) is 84.3 Å². The number of nitrogens with zero attached hydrogens (tertiary/aromatic N) is 3. The minimum absolute atomic E-state index is 0.496. The van der Waals surface area contributed by atoms with Gasteiger partial charge in [-0.05, 0) is 98.1 Å². The highest BCUT2D eigenvalue weighted by molar-refractivity contribution is 8.00. The number of fused-ring (bicyclic) bond motifs is 1. The molecule has 180 valence electrons. The normalized spacial score (nSPS) is 14.3. The third-order valence-corrected chi connectivity index (χ3v) is 7.54. The number of hydrogen-bond donors (Lipinski definition) is 2. The molecule has 0 atom stereocenters. The van der Waals surface area contributed by atoms with Crippen LogP contribution in [0.3, 0.4) is 0 Å². The quantitative estimate of drug-likeness (QED) is 0.262. The van der Waals surface area contributed by atoms with E-state index in [1.807, 2.05) is 6.20 Å². The van der Waals surface area contributed by atoms with Crippen LogP contribution in [0.4, 0.5) is 11.8 Å². The summed E-state index contributed by atoms with van der Waals surface area (Å²) in [6, 6.07) is 17.6. The van der Waals surface area contributed by atoms with Crippen LogP contribution in [-0.4, -0.2) is 21.0 Å². The van der Waals surface area contributed by atoms with Crippen LogP contribution in [0, 0.1) is 13.8 Å². The number of rotatable bonds is 7. The molecule has 0 amide bonds. The second-order valence-corrected chi connectivity index (χ2v) is 10.3. The van der Waals surface area contributed by atoms with Gasteiger partial charge in [0.25, 0.3) is 0 Å². The van der Waals surface area contributed by atoms with Crippen molar-refractivity contribution in [1.29, 1.82) is 0 Å². The molecule has 1 saturated carbocycles. The molecule has 0 radical (unpaired) electrons. The van der Waals surface area contributed by atoms with Gasteiger partial charge in [0.05, 0.1) is 5.52 Å². The standard InChI is InChI=1S/C29H33N5S/c1-4-21-16-22(17-23-18-30-29(33-28(21)23)32-24-10-6-5-7-11-24)26-13-14-27(31-20(26)3)34-35-25-12-8-9-19(2)15-25/h8-9,12-18,24H,4-7,10-11H2,1-3H3,(H,31,34)(H,30,32,33). The van der Waals surface area contributed by atoms with E-state index in [1.54, 1.807) is 11.9 Å². The lowest BCUT2D eigenvalue weighted by Gasteiger charge is -2.22. The highest BCUT2D eigenvalue weighted by Gasteiger charge is 2.15. The van der Waals surface area contributed by atoms with Crippen molar-refractivity contribution in [3.05, 3.63) is 71.5 Å². The summed E-state index contributed by atoms with van der Waals surface area (Å²) in [6.07, 6.45) is 9.23. The Balaban J connectivity index is 1.38. The summed E-state index contributed by atoms with van der Waals surface area (Å²) in [7, 11) is 0. The van der Waals surface area contributed by atoms with Crippen LogP contribution in [0.5, 0.6) is 0 Å². The van der Waals surface area contributed by atoms with Crippen LogP contribution >= 0.6 is 11.9 Å². The predicted octanol–water partition coefficient (Wildman–Crippen LogP) is 7.73. The van der Waals surface area contributed by atoms with E-state index in [9.17, 15) is 0 Å². The summed E-state index contributed by atoms with van der Waals surface area (Å²) in [6.45, 7) is 6.37. The molecule has 2 heterocycles. The van der Waals surface area contributed by atoms with Gasteiger partial charge in [-0.15, -0.1) is 0 Å². The number of anilines is 2. The summed E-state index contributed by atoms with van der Waals surface area (Å²) in [5.74, 6) is 1.61. The molecular weight excluding hydrogens is 450 g/mol. The second kappa shape index (κ2) is 10.6. The van der Waals surface area contributed by atoms with Crippen molar-refractivity contribution in [2.24, 2.45) is 0 Å². The zero-order valence-corrected chi connectivity index (χ0v) is 21.6. The third kappa shape index (κ3) is 5.59. The maximum absolute atomic E-state index is 4.92. The Kier molecular flexibility index (Phi) is 7.19. The van der Waals surface area contributed by atoms with Gasteiger partial charge in [0.15, 0.2) is 0 Å². The van der Waals surface area contributed by atoms with Gasteiger partial charge in [-0.1, -0.05) is 38.3 Å². The van der Waals surface area contributed by atoms with Gasteiger partial charge in [0, 0.05) is 33.8 Å². The summed E-state index contributed by atoms with van der Waals surface area (Å²) >= 11 is 1.58. The largest absolute Gasteiger partial charge is 0.351 e.